The fourth-order valence-corrected chi connectivity index (χ4v) is 2.35. The van der Waals surface area contributed by atoms with Crippen LogP contribution < -0.4 is 10.2 Å². The lowest BCUT2D eigenvalue weighted by Gasteiger charge is -2.31. The van der Waals surface area contributed by atoms with Gasteiger partial charge in [-0.1, -0.05) is 0 Å². The molecule has 1 rings (SSSR count). The number of aromatic nitrogens is 1. The molecule has 0 radical (unpaired) electrons. The van der Waals surface area contributed by atoms with Crippen LogP contribution in [0.3, 0.4) is 0 Å². The number of ether oxygens (including phenoxy) is 1. The molecule has 21 heavy (non-hydrogen) atoms. The zero-order chi connectivity index (χ0) is 16.2. The van der Waals surface area contributed by atoms with E-state index in [9.17, 15) is 14.8 Å². The maximum absolute atomic E-state index is 12.7. The molecule has 6 nitrogen and oxygen atoms in total. The van der Waals surface area contributed by atoms with Crippen LogP contribution in [0, 0.1) is 0 Å². The number of pyridine rings is 1. The Morgan fingerprint density at radius 3 is 2.33 bits per heavy atom. The van der Waals surface area contributed by atoms with Gasteiger partial charge in [-0.25, -0.2) is 4.98 Å². The molecule has 0 aliphatic rings. The summed E-state index contributed by atoms with van der Waals surface area (Å²) in [4.78, 5) is 18.4. The minimum atomic E-state index is -1.82. The molecule has 0 aromatic carbocycles. The van der Waals surface area contributed by atoms with Gasteiger partial charge in [0.1, 0.15) is 0 Å². The number of nitrogens with zero attached hydrogens (tertiary/aromatic N) is 2. The number of rotatable bonds is 6. The SMILES string of the molecule is CCOc1nccc(C(=O)N(C(C)C)C(C)C)c1B(O)O. The van der Waals surface area contributed by atoms with Crippen molar-refractivity contribution in [2.75, 3.05) is 6.61 Å². The molecule has 1 aromatic heterocycles. The molecule has 0 bridgehead atoms. The second kappa shape index (κ2) is 7.42. The number of amides is 1. The molecule has 0 spiro atoms. The van der Waals surface area contributed by atoms with Crippen molar-refractivity contribution >= 4 is 18.5 Å². The van der Waals surface area contributed by atoms with Gasteiger partial charge in [0.15, 0.2) is 0 Å². The Morgan fingerprint density at radius 2 is 1.90 bits per heavy atom. The van der Waals surface area contributed by atoms with Crippen LogP contribution >= 0.6 is 0 Å². The van der Waals surface area contributed by atoms with E-state index in [0.29, 0.717) is 6.61 Å². The Labute approximate surface area is 125 Å². The van der Waals surface area contributed by atoms with Crippen molar-refractivity contribution in [3.63, 3.8) is 0 Å². The first-order valence-electron chi connectivity index (χ1n) is 7.11. The van der Waals surface area contributed by atoms with Crippen molar-refractivity contribution in [2.24, 2.45) is 0 Å². The van der Waals surface area contributed by atoms with Crippen LogP contribution in [-0.2, 0) is 0 Å². The van der Waals surface area contributed by atoms with Gasteiger partial charge in [-0.15, -0.1) is 0 Å². The summed E-state index contributed by atoms with van der Waals surface area (Å²) in [5.41, 5.74) is 0.210. The number of hydrogen-bond acceptors (Lipinski definition) is 5. The topological polar surface area (TPSA) is 82.9 Å². The van der Waals surface area contributed by atoms with Gasteiger partial charge in [0.05, 0.1) is 12.1 Å². The van der Waals surface area contributed by atoms with Crippen molar-refractivity contribution in [3.8, 4) is 5.88 Å². The third-order valence-corrected chi connectivity index (χ3v) is 3.07. The van der Waals surface area contributed by atoms with E-state index in [2.05, 4.69) is 4.98 Å². The van der Waals surface area contributed by atoms with Crippen LogP contribution in [0.4, 0.5) is 0 Å². The second-order valence-electron chi connectivity index (χ2n) is 5.28. The van der Waals surface area contributed by atoms with E-state index in [1.54, 1.807) is 11.8 Å². The minimum absolute atomic E-state index is 0.00936. The van der Waals surface area contributed by atoms with Gasteiger partial charge in [-0.05, 0) is 40.7 Å². The van der Waals surface area contributed by atoms with Gasteiger partial charge in [-0.2, -0.15) is 0 Å². The fraction of sp³-hybridized carbons (Fsp3) is 0.571. The summed E-state index contributed by atoms with van der Waals surface area (Å²) < 4.78 is 5.29. The Morgan fingerprint density at radius 1 is 1.33 bits per heavy atom. The Hall–Kier alpha value is -1.60. The molecule has 0 aliphatic carbocycles. The van der Waals surface area contributed by atoms with Crippen LogP contribution in [-0.4, -0.2) is 51.6 Å². The highest BCUT2D eigenvalue weighted by Gasteiger charge is 2.30. The Kier molecular flexibility index (Phi) is 6.17. The van der Waals surface area contributed by atoms with Crippen LogP contribution in [0.5, 0.6) is 5.88 Å². The van der Waals surface area contributed by atoms with E-state index in [0.717, 1.165) is 0 Å². The zero-order valence-corrected chi connectivity index (χ0v) is 13.2. The summed E-state index contributed by atoms with van der Waals surface area (Å²) in [5.74, 6) is -0.197. The van der Waals surface area contributed by atoms with Crippen LogP contribution in [0.1, 0.15) is 45.0 Å². The highest BCUT2D eigenvalue weighted by atomic mass is 16.5. The Balaban J connectivity index is 3.34. The molecule has 1 heterocycles. The third kappa shape index (κ3) is 3.95. The predicted octanol–water partition coefficient (Wildman–Crippen LogP) is 0.419. The molecule has 0 saturated carbocycles. The van der Waals surface area contributed by atoms with Crippen molar-refractivity contribution < 1.29 is 19.6 Å². The van der Waals surface area contributed by atoms with Gasteiger partial charge < -0.3 is 19.7 Å². The van der Waals surface area contributed by atoms with Gasteiger partial charge in [0, 0.05) is 23.8 Å². The Bertz CT molecular complexity index is 484. The summed E-state index contributed by atoms with van der Waals surface area (Å²) in [6.07, 6.45) is 1.43. The van der Waals surface area contributed by atoms with E-state index in [-0.39, 0.29) is 34.9 Å². The fourth-order valence-electron chi connectivity index (χ4n) is 2.35. The van der Waals surface area contributed by atoms with Gasteiger partial charge in [0.25, 0.3) is 5.91 Å². The number of carbonyl (C=O) groups is 1. The molecule has 0 unspecified atom stereocenters. The first-order valence-corrected chi connectivity index (χ1v) is 7.11. The maximum atomic E-state index is 12.7. The second-order valence-corrected chi connectivity index (χ2v) is 5.28. The molecule has 0 fully saturated rings. The summed E-state index contributed by atoms with van der Waals surface area (Å²) in [7, 11) is -1.82. The monoisotopic (exact) mass is 294 g/mol. The lowest BCUT2D eigenvalue weighted by Crippen LogP contribution is -2.46. The molecule has 1 amide bonds. The standard InChI is InChI=1S/C14H23BN2O4/c1-6-21-13-12(15(19)20)11(7-8-16-13)14(18)17(9(2)3)10(4)5/h7-10,19-20H,6H2,1-5H3. The van der Waals surface area contributed by atoms with Gasteiger partial charge >= 0.3 is 7.12 Å². The highest BCUT2D eigenvalue weighted by Crippen LogP contribution is 2.14. The van der Waals surface area contributed by atoms with E-state index in [1.807, 2.05) is 27.7 Å². The van der Waals surface area contributed by atoms with Gasteiger partial charge in [-0.3, -0.25) is 4.79 Å². The first-order chi connectivity index (χ1) is 9.81. The summed E-state index contributed by atoms with van der Waals surface area (Å²) in [5, 5.41) is 19.2. The predicted molar refractivity (Wildman–Crippen MR) is 81.7 cm³/mol. The molecular formula is C14H23BN2O4. The third-order valence-electron chi connectivity index (χ3n) is 3.07. The van der Waals surface area contributed by atoms with E-state index >= 15 is 0 Å². The van der Waals surface area contributed by atoms with Crippen molar-refractivity contribution in [1.29, 1.82) is 0 Å². The molecule has 116 valence electrons. The van der Waals surface area contributed by atoms with Crippen molar-refractivity contribution in [2.45, 2.75) is 46.7 Å². The highest BCUT2D eigenvalue weighted by molar-refractivity contribution is 6.61. The molecule has 0 atom stereocenters. The molecular weight excluding hydrogens is 271 g/mol. The van der Waals surface area contributed by atoms with E-state index < -0.39 is 7.12 Å². The summed E-state index contributed by atoms with van der Waals surface area (Å²) in [6.45, 7) is 9.74. The van der Waals surface area contributed by atoms with Crippen molar-refractivity contribution in [3.05, 3.63) is 17.8 Å². The molecule has 0 saturated heterocycles. The average Bonchev–Trinajstić information content (AvgIpc) is 2.37. The summed E-state index contributed by atoms with van der Waals surface area (Å²) in [6, 6.07) is 1.46. The molecule has 1 aromatic rings. The lowest BCUT2D eigenvalue weighted by molar-refractivity contribution is 0.0644. The normalized spacial score (nSPS) is 10.9. The van der Waals surface area contributed by atoms with Crippen LogP contribution in [0.25, 0.3) is 0 Å². The minimum Gasteiger partial charge on any atom is -0.478 e. The number of hydrogen-bond donors (Lipinski definition) is 2. The smallest absolute Gasteiger partial charge is 0.478 e. The molecule has 7 heteroatoms. The van der Waals surface area contributed by atoms with E-state index in [1.165, 1.54) is 12.3 Å². The quantitative estimate of drug-likeness (QED) is 0.743. The number of carbonyl (C=O) groups excluding carboxylic acids is 1. The lowest BCUT2D eigenvalue weighted by atomic mass is 9.77. The molecule has 0 aliphatic heterocycles. The molecule has 2 N–H and O–H groups in total. The van der Waals surface area contributed by atoms with Crippen molar-refractivity contribution in [1.82, 2.24) is 9.88 Å². The average molecular weight is 294 g/mol. The van der Waals surface area contributed by atoms with Gasteiger partial charge in [0.2, 0.25) is 5.88 Å². The zero-order valence-electron chi connectivity index (χ0n) is 13.2. The van der Waals surface area contributed by atoms with Crippen LogP contribution in [0.2, 0.25) is 0 Å². The maximum Gasteiger partial charge on any atom is 0.494 e. The summed E-state index contributed by atoms with van der Waals surface area (Å²) >= 11 is 0. The largest absolute Gasteiger partial charge is 0.494 e. The van der Waals surface area contributed by atoms with E-state index in [4.69, 9.17) is 4.74 Å². The first kappa shape index (κ1) is 17.5. The van der Waals surface area contributed by atoms with Crippen LogP contribution in [0.15, 0.2) is 12.3 Å².